The summed E-state index contributed by atoms with van der Waals surface area (Å²) >= 11 is 0. The largest absolute Gasteiger partial charge is 0.496 e. The first kappa shape index (κ1) is 16.8. The number of rotatable bonds is 7. The molecule has 128 valence electrons. The molecule has 5 nitrogen and oxygen atoms in total. The van der Waals surface area contributed by atoms with Crippen molar-refractivity contribution in [3.63, 3.8) is 0 Å². The fourth-order valence-corrected chi connectivity index (χ4v) is 2.57. The lowest BCUT2D eigenvalue weighted by molar-refractivity contribution is 0.410. The molecule has 0 radical (unpaired) electrons. The van der Waals surface area contributed by atoms with Crippen LogP contribution in [0.1, 0.15) is 12.5 Å². The fourth-order valence-electron chi connectivity index (χ4n) is 2.57. The molecule has 0 aliphatic heterocycles. The third kappa shape index (κ3) is 4.26. The number of para-hydroxylation sites is 1. The van der Waals surface area contributed by atoms with Crippen LogP contribution in [-0.4, -0.2) is 23.6 Å². The topological polar surface area (TPSA) is 59.1 Å². The predicted octanol–water partition coefficient (Wildman–Crippen LogP) is 4.20. The minimum absolute atomic E-state index is 0.617. The molecule has 0 atom stereocenters. The molecule has 25 heavy (non-hydrogen) atoms. The van der Waals surface area contributed by atoms with Crippen LogP contribution >= 0.6 is 0 Å². The average molecular weight is 334 g/mol. The van der Waals surface area contributed by atoms with Gasteiger partial charge in [0.15, 0.2) is 0 Å². The number of hydrogen-bond acceptors (Lipinski definition) is 5. The molecular weight excluding hydrogens is 312 g/mol. The number of methoxy groups -OCH3 is 1. The van der Waals surface area contributed by atoms with Gasteiger partial charge in [0.2, 0.25) is 5.95 Å². The number of aromatic nitrogens is 2. The molecule has 0 spiro atoms. The first-order valence-electron chi connectivity index (χ1n) is 8.34. The molecule has 0 unspecified atom stereocenters. The summed E-state index contributed by atoms with van der Waals surface area (Å²) in [5, 5.41) is 6.57. The van der Waals surface area contributed by atoms with Crippen LogP contribution in [0.3, 0.4) is 0 Å². The number of anilines is 2. The Bertz CT molecular complexity index is 821. The van der Waals surface area contributed by atoms with E-state index < -0.39 is 0 Å². The van der Waals surface area contributed by atoms with Crippen molar-refractivity contribution in [1.82, 2.24) is 9.97 Å². The minimum Gasteiger partial charge on any atom is -0.496 e. The van der Waals surface area contributed by atoms with Crippen LogP contribution in [0.2, 0.25) is 0 Å². The van der Waals surface area contributed by atoms with Crippen LogP contribution in [0.25, 0.3) is 11.3 Å². The maximum atomic E-state index is 5.40. The van der Waals surface area contributed by atoms with Crippen LogP contribution in [0.5, 0.6) is 5.75 Å². The van der Waals surface area contributed by atoms with Crippen molar-refractivity contribution in [1.29, 1.82) is 0 Å². The summed E-state index contributed by atoms with van der Waals surface area (Å²) in [5.74, 6) is 2.25. The highest BCUT2D eigenvalue weighted by Crippen LogP contribution is 2.23. The van der Waals surface area contributed by atoms with E-state index in [1.807, 2.05) is 67.6 Å². The summed E-state index contributed by atoms with van der Waals surface area (Å²) in [6.07, 6.45) is 0. The van der Waals surface area contributed by atoms with Crippen LogP contribution in [0.15, 0.2) is 60.7 Å². The van der Waals surface area contributed by atoms with Gasteiger partial charge in [-0.3, -0.25) is 0 Å². The van der Waals surface area contributed by atoms with Gasteiger partial charge in [0.05, 0.1) is 12.8 Å². The van der Waals surface area contributed by atoms with E-state index in [4.69, 9.17) is 4.74 Å². The quantitative estimate of drug-likeness (QED) is 0.678. The van der Waals surface area contributed by atoms with E-state index in [-0.39, 0.29) is 0 Å². The van der Waals surface area contributed by atoms with Crippen molar-refractivity contribution in [3.05, 3.63) is 66.2 Å². The first-order valence-corrected chi connectivity index (χ1v) is 8.34. The predicted molar refractivity (Wildman–Crippen MR) is 102 cm³/mol. The molecule has 2 N–H and O–H groups in total. The summed E-state index contributed by atoms with van der Waals surface area (Å²) in [4.78, 5) is 9.14. The maximum Gasteiger partial charge on any atom is 0.225 e. The Kier molecular flexibility index (Phi) is 5.46. The lowest BCUT2D eigenvalue weighted by Crippen LogP contribution is -2.08. The van der Waals surface area contributed by atoms with Crippen LogP contribution < -0.4 is 15.4 Å². The van der Waals surface area contributed by atoms with Gasteiger partial charge < -0.3 is 15.4 Å². The summed E-state index contributed by atoms with van der Waals surface area (Å²) < 4.78 is 5.40. The van der Waals surface area contributed by atoms with Gasteiger partial charge in [-0.05, 0) is 13.0 Å². The van der Waals surface area contributed by atoms with Crippen molar-refractivity contribution in [2.75, 3.05) is 24.3 Å². The fraction of sp³-hybridized carbons (Fsp3) is 0.200. The Morgan fingerprint density at radius 1 is 0.920 bits per heavy atom. The Balaban J connectivity index is 1.86. The highest BCUT2D eigenvalue weighted by Gasteiger charge is 2.07. The summed E-state index contributed by atoms with van der Waals surface area (Å²) in [5.41, 5.74) is 3.02. The average Bonchev–Trinajstić information content (AvgIpc) is 2.67. The summed E-state index contributed by atoms with van der Waals surface area (Å²) in [6.45, 7) is 3.42. The number of benzene rings is 2. The zero-order valence-electron chi connectivity index (χ0n) is 14.5. The molecule has 5 heteroatoms. The molecule has 3 rings (SSSR count). The molecule has 0 amide bonds. The Labute approximate surface area is 148 Å². The number of hydrogen-bond donors (Lipinski definition) is 2. The second kappa shape index (κ2) is 8.15. The standard InChI is InChI=1S/C20H22N4O/c1-3-21-20-23-17(15-9-5-4-6-10-15)13-19(24-20)22-14-16-11-7-8-12-18(16)25-2/h4-13H,3,14H2,1-2H3,(H2,21,22,23,24). The monoisotopic (exact) mass is 334 g/mol. The summed E-state index contributed by atoms with van der Waals surface area (Å²) in [7, 11) is 1.68. The van der Waals surface area contributed by atoms with Crippen molar-refractivity contribution in [3.8, 4) is 17.0 Å². The normalized spacial score (nSPS) is 10.3. The number of nitrogens with zero attached hydrogens (tertiary/aromatic N) is 2. The van der Waals surface area contributed by atoms with Crippen LogP contribution in [-0.2, 0) is 6.54 Å². The van der Waals surface area contributed by atoms with E-state index in [0.29, 0.717) is 12.5 Å². The van der Waals surface area contributed by atoms with Gasteiger partial charge in [-0.25, -0.2) is 4.98 Å². The van der Waals surface area contributed by atoms with Gasteiger partial charge in [-0.15, -0.1) is 0 Å². The van der Waals surface area contributed by atoms with E-state index in [1.165, 1.54) is 0 Å². The zero-order chi connectivity index (χ0) is 17.5. The molecule has 3 aromatic rings. The van der Waals surface area contributed by atoms with Crippen molar-refractivity contribution in [2.24, 2.45) is 0 Å². The lowest BCUT2D eigenvalue weighted by Gasteiger charge is -2.12. The Morgan fingerprint density at radius 3 is 2.44 bits per heavy atom. The van der Waals surface area contributed by atoms with Crippen LogP contribution in [0, 0.1) is 0 Å². The third-order valence-corrected chi connectivity index (χ3v) is 3.78. The molecule has 1 aromatic heterocycles. The van der Waals surface area contributed by atoms with E-state index in [9.17, 15) is 0 Å². The maximum absolute atomic E-state index is 5.40. The highest BCUT2D eigenvalue weighted by atomic mass is 16.5. The smallest absolute Gasteiger partial charge is 0.225 e. The zero-order valence-corrected chi connectivity index (χ0v) is 14.5. The van der Waals surface area contributed by atoms with Gasteiger partial charge in [0, 0.05) is 30.3 Å². The summed E-state index contributed by atoms with van der Waals surface area (Å²) in [6, 6.07) is 20.0. The third-order valence-electron chi connectivity index (χ3n) is 3.78. The van der Waals surface area contributed by atoms with E-state index in [0.717, 1.165) is 34.9 Å². The Morgan fingerprint density at radius 2 is 1.68 bits per heavy atom. The number of nitrogens with one attached hydrogen (secondary N) is 2. The second-order valence-electron chi connectivity index (χ2n) is 5.52. The van der Waals surface area contributed by atoms with Crippen molar-refractivity contribution in [2.45, 2.75) is 13.5 Å². The van der Waals surface area contributed by atoms with Crippen molar-refractivity contribution >= 4 is 11.8 Å². The van der Waals surface area contributed by atoms with E-state index >= 15 is 0 Å². The van der Waals surface area contributed by atoms with Gasteiger partial charge in [-0.2, -0.15) is 4.98 Å². The van der Waals surface area contributed by atoms with Crippen molar-refractivity contribution < 1.29 is 4.74 Å². The highest BCUT2D eigenvalue weighted by molar-refractivity contribution is 5.64. The molecule has 0 saturated heterocycles. The molecule has 0 fully saturated rings. The first-order chi connectivity index (χ1) is 12.3. The molecule has 2 aromatic carbocycles. The molecule has 0 aliphatic rings. The van der Waals surface area contributed by atoms with Gasteiger partial charge in [-0.1, -0.05) is 48.5 Å². The molecule has 1 heterocycles. The Hall–Kier alpha value is -3.08. The molecule has 0 aliphatic carbocycles. The molecular formula is C20H22N4O. The van der Waals surface area contributed by atoms with E-state index in [2.05, 4.69) is 20.6 Å². The number of ether oxygens (including phenoxy) is 1. The van der Waals surface area contributed by atoms with Gasteiger partial charge >= 0.3 is 0 Å². The van der Waals surface area contributed by atoms with E-state index in [1.54, 1.807) is 7.11 Å². The van der Waals surface area contributed by atoms with Gasteiger partial charge in [0.1, 0.15) is 11.6 Å². The second-order valence-corrected chi connectivity index (χ2v) is 5.52. The van der Waals surface area contributed by atoms with Crippen LogP contribution in [0.4, 0.5) is 11.8 Å². The lowest BCUT2D eigenvalue weighted by atomic mass is 10.1. The minimum atomic E-state index is 0.617. The SMILES string of the molecule is CCNc1nc(NCc2ccccc2OC)cc(-c2ccccc2)n1. The molecule has 0 bridgehead atoms. The van der Waals surface area contributed by atoms with Gasteiger partial charge in [0.25, 0.3) is 0 Å². The molecule has 0 saturated carbocycles.